The van der Waals surface area contributed by atoms with Crippen molar-refractivity contribution in [2.45, 2.75) is 26.7 Å². The van der Waals surface area contributed by atoms with Crippen molar-refractivity contribution in [3.63, 3.8) is 0 Å². The number of amides is 1. The highest BCUT2D eigenvalue weighted by Crippen LogP contribution is 2.24. The highest BCUT2D eigenvalue weighted by Gasteiger charge is 2.02. The van der Waals surface area contributed by atoms with Crippen LogP contribution in [0.25, 0.3) is 10.8 Å². The van der Waals surface area contributed by atoms with Crippen molar-refractivity contribution >= 4 is 16.9 Å². The number of fused-ring (bicyclic) bond motifs is 1. The summed E-state index contributed by atoms with van der Waals surface area (Å²) in [6.45, 7) is 4.36. The first-order valence-electron chi connectivity index (χ1n) is 6.14. The molecule has 0 saturated carbocycles. The van der Waals surface area contributed by atoms with Gasteiger partial charge in [-0.2, -0.15) is 0 Å². The van der Waals surface area contributed by atoms with Gasteiger partial charge in [0.25, 0.3) is 0 Å². The second-order valence-corrected chi connectivity index (χ2v) is 3.90. The van der Waals surface area contributed by atoms with Gasteiger partial charge in [-0.05, 0) is 11.5 Å². The molecule has 18 heavy (non-hydrogen) atoms. The van der Waals surface area contributed by atoms with Gasteiger partial charge in [0.05, 0.1) is 0 Å². The van der Waals surface area contributed by atoms with E-state index in [2.05, 4.69) is 13.8 Å². The number of carbonyl (C=O) groups excluding carboxylic acids is 1. The maximum Gasteiger partial charge on any atom is 0.409 e. The van der Waals surface area contributed by atoms with Gasteiger partial charge < -0.3 is 10.5 Å². The normalized spacial score (nSPS) is 9.44. The monoisotopic (exact) mass is 245 g/mol. The van der Waals surface area contributed by atoms with Crippen LogP contribution in [-0.4, -0.2) is 6.09 Å². The summed E-state index contributed by atoms with van der Waals surface area (Å²) < 4.78 is 4.87. The third-order valence-electron chi connectivity index (χ3n) is 2.46. The first-order chi connectivity index (χ1) is 8.69. The fourth-order valence-corrected chi connectivity index (χ4v) is 1.39. The molecule has 2 N–H and O–H groups in total. The Balaban J connectivity index is 0.000000357. The number of hydrogen-bond donors (Lipinski definition) is 1. The number of unbranched alkanes of at least 4 members (excludes halogenated alkanes) is 1. The van der Waals surface area contributed by atoms with E-state index in [4.69, 9.17) is 10.5 Å². The highest BCUT2D eigenvalue weighted by molar-refractivity contribution is 5.89. The van der Waals surface area contributed by atoms with E-state index < -0.39 is 6.09 Å². The van der Waals surface area contributed by atoms with Gasteiger partial charge >= 0.3 is 6.09 Å². The van der Waals surface area contributed by atoms with Crippen molar-refractivity contribution in [3.05, 3.63) is 42.5 Å². The molecule has 0 bridgehead atoms. The van der Waals surface area contributed by atoms with E-state index in [9.17, 15) is 4.79 Å². The van der Waals surface area contributed by atoms with Crippen LogP contribution in [0.1, 0.15) is 26.7 Å². The van der Waals surface area contributed by atoms with Crippen LogP contribution in [0.4, 0.5) is 4.79 Å². The van der Waals surface area contributed by atoms with Crippen molar-refractivity contribution in [1.29, 1.82) is 0 Å². The Bertz CT molecular complexity index is 501. The Hall–Kier alpha value is -2.03. The zero-order valence-corrected chi connectivity index (χ0v) is 10.8. The smallest absolute Gasteiger partial charge is 0.409 e. The summed E-state index contributed by atoms with van der Waals surface area (Å²) in [4.78, 5) is 10.6. The standard InChI is InChI=1S/C11H9NO2.C4H10/c12-11(13)14-10-7-3-5-8-4-1-2-6-9(8)10;1-3-4-2/h1-7H,(H2,12,13);3-4H2,1-2H3. The first-order valence-corrected chi connectivity index (χ1v) is 6.14. The molecule has 0 aliphatic rings. The molecule has 2 aromatic carbocycles. The van der Waals surface area contributed by atoms with Crippen LogP contribution in [0.15, 0.2) is 42.5 Å². The minimum Gasteiger partial charge on any atom is -0.410 e. The van der Waals surface area contributed by atoms with Crippen molar-refractivity contribution in [1.82, 2.24) is 0 Å². The lowest BCUT2D eigenvalue weighted by molar-refractivity contribution is 0.211. The summed E-state index contributed by atoms with van der Waals surface area (Å²) in [5.74, 6) is 0.496. The van der Waals surface area contributed by atoms with Gasteiger partial charge in [-0.25, -0.2) is 4.79 Å². The summed E-state index contributed by atoms with van der Waals surface area (Å²) in [5, 5.41) is 1.90. The molecule has 0 spiro atoms. The van der Waals surface area contributed by atoms with Gasteiger partial charge in [0.2, 0.25) is 0 Å². The lowest BCUT2D eigenvalue weighted by atomic mass is 10.1. The number of benzene rings is 2. The number of rotatable bonds is 2. The Morgan fingerprint density at radius 1 is 1.06 bits per heavy atom. The highest BCUT2D eigenvalue weighted by atomic mass is 16.5. The average molecular weight is 245 g/mol. The second kappa shape index (κ2) is 7.33. The minimum absolute atomic E-state index is 0.496. The maximum absolute atomic E-state index is 10.6. The quantitative estimate of drug-likeness (QED) is 0.865. The Labute approximate surface area is 108 Å². The van der Waals surface area contributed by atoms with E-state index in [1.807, 2.05) is 36.4 Å². The number of primary amides is 1. The molecule has 2 aromatic rings. The van der Waals surface area contributed by atoms with Crippen LogP contribution in [0.3, 0.4) is 0 Å². The number of ether oxygens (including phenoxy) is 1. The molecule has 0 saturated heterocycles. The third kappa shape index (κ3) is 4.09. The van der Waals surface area contributed by atoms with Crippen LogP contribution in [-0.2, 0) is 0 Å². The third-order valence-corrected chi connectivity index (χ3v) is 2.46. The number of carbonyl (C=O) groups is 1. The molecule has 0 heterocycles. The predicted molar refractivity (Wildman–Crippen MR) is 74.7 cm³/mol. The second-order valence-electron chi connectivity index (χ2n) is 3.90. The Morgan fingerprint density at radius 3 is 2.28 bits per heavy atom. The number of hydrogen-bond acceptors (Lipinski definition) is 2. The molecule has 96 valence electrons. The Morgan fingerprint density at radius 2 is 1.67 bits per heavy atom. The van der Waals surface area contributed by atoms with Gasteiger partial charge in [-0.15, -0.1) is 0 Å². The van der Waals surface area contributed by atoms with Gasteiger partial charge in [-0.3, -0.25) is 0 Å². The minimum atomic E-state index is -0.790. The summed E-state index contributed by atoms with van der Waals surface area (Å²) >= 11 is 0. The lowest BCUT2D eigenvalue weighted by Gasteiger charge is -2.04. The fourth-order valence-electron chi connectivity index (χ4n) is 1.39. The van der Waals surface area contributed by atoms with E-state index in [0.29, 0.717) is 5.75 Å². The van der Waals surface area contributed by atoms with Crippen LogP contribution in [0, 0.1) is 0 Å². The topological polar surface area (TPSA) is 52.3 Å². The molecular weight excluding hydrogens is 226 g/mol. The Kier molecular flexibility index (Phi) is 5.71. The molecule has 3 heteroatoms. The average Bonchev–Trinajstić information content (AvgIpc) is 2.39. The van der Waals surface area contributed by atoms with Crippen LogP contribution in [0.2, 0.25) is 0 Å². The van der Waals surface area contributed by atoms with Crippen molar-refractivity contribution in [3.8, 4) is 5.75 Å². The fraction of sp³-hybridized carbons (Fsp3) is 0.267. The molecule has 0 aliphatic heterocycles. The largest absolute Gasteiger partial charge is 0.410 e. The van der Waals surface area contributed by atoms with Gasteiger partial charge in [0, 0.05) is 5.39 Å². The van der Waals surface area contributed by atoms with Gasteiger partial charge in [0.15, 0.2) is 0 Å². The van der Waals surface area contributed by atoms with Gasteiger partial charge in [-0.1, -0.05) is 63.1 Å². The first kappa shape index (κ1) is 14.0. The van der Waals surface area contributed by atoms with Crippen LogP contribution < -0.4 is 10.5 Å². The molecule has 3 nitrogen and oxygen atoms in total. The summed E-state index contributed by atoms with van der Waals surface area (Å²) in [6, 6.07) is 13.1. The summed E-state index contributed by atoms with van der Waals surface area (Å²) in [6.07, 6.45) is 1.85. The molecule has 0 aliphatic carbocycles. The van der Waals surface area contributed by atoms with E-state index in [0.717, 1.165) is 10.8 Å². The van der Waals surface area contributed by atoms with Crippen LogP contribution >= 0.6 is 0 Å². The molecular formula is C15H19NO2. The lowest BCUT2D eigenvalue weighted by Crippen LogP contribution is -2.16. The maximum atomic E-state index is 10.6. The summed E-state index contributed by atoms with van der Waals surface area (Å²) in [7, 11) is 0. The molecule has 0 radical (unpaired) electrons. The van der Waals surface area contributed by atoms with E-state index in [1.54, 1.807) is 6.07 Å². The van der Waals surface area contributed by atoms with E-state index >= 15 is 0 Å². The van der Waals surface area contributed by atoms with Crippen LogP contribution in [0.5, 0.6) is 5.75 Å². The molecule has 0 fully saturated rings. The zero-order chi connectivity index (χ0) is 13.4. The van der Waals surface area contributed by atoms with Gasteiger partial charge in [0.1, 0.15) is 5.75 Å². The van der Waals surface area contributed by atoms with Crippen molar-refractivity contribution in [2.24, 2.45) is 5.73 Å². The predicted octanol–water partition coefficient (Wildman–Crippen LogP) is 4.10. The summed E-state index contributed by atoms with van der Waals surface area (Å²) in [5.41, 5.74) is 4.95. The molecule has 0 unspecified atom stereocenters. The SMILES string of the molecule is CCCC.NC(=O)Oc1cccc2ccccc12. The number of nitrogens with two attached hydrogens (primary N) is 1. The van der Waals surface area contributed by atoms with Crippen molar-refractivity contribution < 1.29 is 9.53 Å². The van der Waals surface area contributed by atoms with E-state index in [-0.39, 0.29) is 0 Å². The van der Waals surface area contributed by atoms with E-state index in [1.165, 1.54) is 12.8 Å². The zero-order valence-electron chi connectivity index (χ0n) is 10.8. The molecule has 0 atom stereocenters. The molecule has 2 rings (SSSR count). The molecule has 0 aromatic heterocycles. The van der Waals surface area contributed by atoms with Crippen molar-refractivity contribution in [2.75, 3.05) is 0 Å². The molecule has 1 amide bonds.